The molecule has 8 nitrogen and oxygen atoms in total. The number of likely N-dealkylation sites (N-methyl/N-ethyl adjacent to an activating group) is 1. The third-order valence-electron chi connectivity index (χ3n) is 6.62. The number of aliphatic hydroxyl groups is 1. The molecular formula is C21H30N4O4Si. The van der Waals surface area contributed by atoms with Gasteiger partial charge in [-0.05, 0) is 25.6 Å². The van der Waals surface area contributed by atoms with Crippen molar-refractivity contribution in [2.24, 2.45) is 5.92 Å². The van der Waals surface area contributed by atoms with Crippen molar-refractivity contribution < 1.29 is 19.4 Å². The Kier molecular flexibility index (Phi) is 5.34. The largest absolute Gasteiger partial charge is 0.432 e. The molecule has 162 valence electrons. The summed E-state index contributed by atoms with van der Waals surface area (Å²) in [7, 11) is -0.851. The van der Waals surface area contributed by atoms with Gasteiger partial charge in [-0.3, -0.25) is 9.48 Å². The number of ether oxygens (including phenoxy) is 1. The molecule has 1 spiro atoms. The minimum atomic E-state index is -2.64. The first-order valence-electron chi connectivity index (χ1n) is 10.5. The Hall–Kier alpha value is -2.07. The number of aliphatic hydroxyl groups excluding tert-OH is 1. The van der Waals surface area contributed by atoms with Gasteiger partial charge in [0.25, 0.3) is 5.91 Å². The molecule has 9 heteroatoms. The first-order valence-corrected chi connectivity index (χ1v) is 13.5. The minimum Gasteiger partial charge on any atom is -0.432 e. The summed E-state index contributed by atoms with van der Waals surface area (Å²) >= 11 is 0. The van der Waals surface area contributed by atoms with Crippen molar-refractivity contribution in [3.8, 4) is 0 Å². The highest BCUT2D eigenvalue weighted by Gasteiger charge is 2.65. The van der Waals surface area contributed by atoms with Gasteiger partial charge in [-0.25, -0.2) is 0 Å². The number of aromatic nitrogens is 3. The molecule has 1 saturated heterocycles. The van der Waals surface area contributed by atoms with Crippen LogP contribution in [0.5, 0.6) is 0 Å². The van der Waals surface area contributed by atoms with E-state index in [9.17, 15) is 9.59 Å². The lowest BCUT2D eigenvalue weighted by Crippen LogP contribution is -2.45. The number of benzene rings is 1. The predicted octanol–water partition coefficient (Wildman–Crippen LogP) is 1.68. The zero-order valence-corrected chi connectivity index (χ0v) is 18.9. The summed E-state index contributed by atoms with van der Waals surface area (Å²) < 4.78 is 8.37. The average Bonchev–Trinajstić information content (AvgIpc) is 3.32. The molecule has 30 heavy (non-hydrogen) atoms. The number of para-hydroxylation sites is 1. The number of hydrogen-bond acceptors (Lipinski definition) is 6. The van der Waals surface area contributed by atoms with Gasteiger partial charge in [0.1, 0.15) is 0 Å². The number of hydrogen-bond donors (Lipinski definition) is 2. The van der Waals surface area contributed by atoms with Gasteiger partial charge >= 0.3 is 0 Å². The van der Waals surface area contributed by atoms with Crippen molar-refractivity contribution >= 4 is 19.9 Å². The summed E-state index contributed by atoms with van der Waals surface area (Å²) in [5.41, 5.74) is 1.35. The fourth-order valence-corrected chi connectivity index (χ4v) is 7.95. The highest BCUT2D eigenvalue weighted by atomic mass is 28.4. The van der Waals surface area contributed by atoms with Gasteiger partial charge < -0.3 is 19.5 Å². The average molecular weight is 431 g/mol. The maximum Gasteiger partial charge on any atom is 0.264 e. The lowest BCUT2D eigenvalue weighted by atomic mass is 9.82. The van der Waals surface area contributed by atoms with E-state index in [-0.39, 0.29) is 30.1 Å². The van der Waals surface area contributed by atoms with Crippen molar-refractivity contribution in [3.63, 3.8) is 0 Å². The zero-order chi connectivity index (χ0) is 21.7. The van der Waals surface area contributed by atoms with Gasteiger partial charge in [0.05, 0.1) is 17.5 Å². The van der Waals surface area contributed by atoms with Crippen LogP contribution in [0.4, 0.5) is 5.69 Å². The molecule has 3 heterocycles. The van der Waals surface area contributed by atoms with Crippen LogP contribution in [0, 0.1) is 5.92 Å². The molecule has 4 atom stereocenters. The number of anilines is 1. The first kappa shape index (κ1) is 21.2. The van der Waals surface area contributed by atoms with Crippen molar-refractivity contribution in [2.45, 2.75) is 56.7 Å². The van der Waals surface area contributed by atoms with Crippen LogP contribution < -0.4 is 4.90 Å². The summed E-state index contributed by atoms with van der Waals surface area (Å²) in [6.45, 7) is 6.49. The maximum absolute atomic E-state index is 13.4. The van der Waals surface area contributed by atoms with E-state index in [1.165, 1.54) is 0 Å². The molecule has 0 unspecified atom stereocenters. The van der Waals surface area contributed by atoms with Gasteiger partial charge in [-0.1, -0.05) is 30.3 Å². The molecule has 4 rings (SSSR count). The molecule has 1 fully saturated rings. The first-order chi connectivity index (χ1) is 14.2. The van der Waals surface area contributed by atoms with Gasteiger partial charge in [-0.15, -0.1) is 5.10 Å². The quantitative estimate of drug-likeness (QED) is 0.676. The number of nitrogens with zero attached hydrogens (tertiary/aromatic N) is 4. The molecule has 0 aliphatic carbocycles. The number of fused-ring (bicyclic) bond motifs is 2. The Labute approximate surface area is 177 Å². The van der Waals surface area contributed by atoms with Crippen LogP contribution in [0.3, 0.4) is 0 Å². The van der Waals surface area contributed by atoms with E-state index in [0.29, 0.717) is 19.4 Å². The third-order valence-corrected chi connectivity index (χ3v) is 9.12. The van der Waals surface area contributed by atoms with Crippen LogP contribution >= 0.6 is 0 Å². The minimum absolute atomic E-state index is 0.0336. The Bertz CT molecular complexity index is 943. The smallest absolute Gasteiger partial charge is 0.264 e. The van der Waals surface area contributed by atoms with Crippen LogP contribution in [0.25, 0.3) is 0 Å². The number of rotatable bonds is 6. The second-order valence-corrected chi connectivity index (χ2v) is 13.0. The third kappa shape index (κ3) is 3.20. The van der Waals surface area contributed by atoms with E-state index in [2.05, 4.69) is 10.3 Å². The van der Waals surface area contributed by atoms with E-state index < -0.39 is 13.9 Å². The molecule has 0 bridgehead atoms. The number of amides is 1. The fraction of sp³-hybridized carbons (Fsp3) is 0.571. The normalized spacial score (nSPS) is 28.5. The predicted molar refractivity (Wildman–Crippen MR) is 114 cm³/mol. The summed E-state index contributed by atoms with van der Waals surface area (Å²) in [4.78, 5) is 26.3. The van der Waals surface area contributed by atoms with Crippen LogP contribution in [0.2, 0.25) is 18.6 Å². The molecular weight excluding hydrogens is 400 g/mol. The molecule has 0 saturated carbocycles. The summed E-state index contributed by atoms with van der Waals surface area (Å²) in [6, 6.07) is 7.78. The molecule has 2 N–H and O–H groups in total. The Morgan fingerprint density at radius 2 is 2.03 bits per heavy atom. The second-order valence-electron chi connectivity index (χ2n) is 8.98. The van der Waals surface area contributed by atoms with Crippen molar-refractivity contribution in [1.82, 2.24) is 15.0 Å². The Balaban J connectivity index is 1.65. The summed E-state index contributed by atoms with van der Waals surface area (Å²) in [5, 5.41) is 17.3. The van der Waals surface area contributed by atoms with Crippen LogP contribution in [-0.4, -0.2) is 58.9 Å². The summed E-state index contributed by atoms with van der Waals surface area (Å²) in [5.74, 6) is -0.207. The Morgan fingerprint density at radius 1 is 1.30 bits per heavy atom. The van der Waals surface area contributed by atoms with Gasteiger partial charge in [-0.2, -0.15) is 0 Å². The lowest BCUT2D eigenvalue weighted by Gasteiger charge is -2.32. The number of carbonyl (C=O) groups excluding carboxylic acids is 1. The van der Waals surface area contributed by atoms with E-state index in [1.54, 1.807) is 16.6 Å². The SMILES string of the molecule is C[C@H]1[C@H]([Si](C)(C)O)[C@@H](CCn2cc(CCO)nn2)O[C@]12C(=O)N(C)c1ccccc12. The second kappa shape index (κ2) is 7.56. The number of aryl methyl sites for hydroxylation is 1. The molecule has 1 aromatic heterocycles. The maximum atomic E-state index is 13.4. The molecule has 0 radical (unpaired) electrons. The van der Waals surface area contributed by atoms with Gasteiger partial charge in [0, 0.05) is 49.8 Å². The zero-order valence-electron chi connectivity index (χ0n) is 17.9. The topological polar surface area (TPSA) is 101 Å². The van der Waals surface area contributed by atoms with Crippen LogP contribution in [-0.2, 0) is 28.1 Å². The Morgan fingerprint density at radius 3 is 2.73 bits per heavy atom. The number of carbonyl (C=O) groups is 1. The van der Waals surface area contributed by atoms with E-state index >= 15 is 0 Å². The molecule has 2 aliphatic rings. The molecule has 2 aliphatic heterocycles. The van der Waals surface area contributed by atoms with Crippen molar-refractivity contribution in [3.05, 3.63) is 41.7 Å². The highest BCUT2D eigenvalue weighted by Crippen LogP contribution is 2.59. The van der Waals surface area contributed by atoms with E-state index in [1.807, 2.05) is 50.5 Å². The monoisotopic (exact) mass is 430 g/mol. The summed E-state index contributed by atoms with van der Waals surface area (Å²) in [6.07, 6.45) is 2.65. The van der Waals surface area contributed by atoms with Crippen molar-refractivity contribution in [2.75, 3.05) is 18.6 Å². The fourth-order valence-electron chi connectivity index (χ4n) is 5.34. The van der Waals surface area contributed by atoms with Gasteiger partial charge in [0.2, 0.25) is 0 Å². The van der Waals surface area contributed by atoms with Crippen molar-refractivity contribution in [1.29, 1.82) is 0 Å². The van der Waals surface area contributed by atoms with Crippen LogP contribution in [0.1, 0.15) is 24.6 Å². The van der Waals surface area contributed by atoms with E-state index in [4.69, 9.17) is 9.84 Å². The standard InChI is InChI=1S/C21H30N4O4Si/c1-14-19(30(3,4)28)18(9-11-25-13-15(10-12-26)22-23-25)29-21(14)16-7-5-6-8-17(16)24(2)20(21)27/h5-8,13-14,18-19,26,28H,9-12H2,1-4H3/t14-,18+,19-,21+/m0/s1. The molecule has 2 aromatic rings. The molecule has 1 amide bonds. The lowest BCUT2D eigenvalue weighted by molar-refractivity contribution is -0.145. The van der Waals surface area contributed by atoms with Crippen LogP contribution in [0.15, 0.2) is 30.5 Å². The highest BCUT2D eigenvalue weighted by molar-refractivity contribution is 6.71. The molecule has 1 aromatic carbocycles. The van der Waals surface area contributed by atoms with Gasteiger partial charge in [0.15, 0.2) is 13.9 Å². The van der Waals surface area contributed by atoms with E-state index in [0.717, 1.165) is 16.9 Å².